The van der Waals surface area contributed by atoms with Crippen LogP contribution in [-0.4, -0.2) is 18.2 Å². The van der Waals surface area contributed by atoms with Crippen molar-refractivity contribution in [2.24, 2.45) is 0 Å². The first kappa shape index (κ1) is 15.7. The van der Waals surface area contributed by atoms with Gasteiger partial charge in [0.05, 0.1) is 6.54 Å². The molecule has 4 nitrogen and oxygen atoms in total. The van der Waals surface area contributed by atoms with Crippen molar-refractivity contribution in [3.63, 3.8) is 0 Å². The summed E-state index contributed by atoms with van der Waals surface area (Å²) in [6, 6.07) is 13.2. The van der Waals surface area contributed by atoms with Crippen LogP contribution in [0, 0.1) is 5.82 Å². The fraction of sp³-hybridized carbons (Fsp3) is 0.176. The average molecular weight is 300 g/mol. The maximum absolute atomic E-state index is 13.4. The van der Waals surface area contributed by atoms with Gasteiger partial charge in [-0.05, 0) is 25.1 Å². The van der Waals surface area contributed by atoms with E-state index < -0.39 is 0 Å². The molecule has 0 aliphatic carbocycles. The molecule has 2 aromatic rings. The summed E-state index contributed by atoms with van der Waals surface area (Å²) in [5.74, 6) is -0.631. The molecule has 2 rings (SSSR count). The van der Waals surface area contributed by atoms with Crippen LogP contribution >= 0.6 is 0 Å². The summed E-state index contributed by atoms with van der Waals surface area (Å²) in [5.41, 5.74) is 1.71. The van der Waals surface area contributed by atoms with Gasteiger partial charge in [-0.2, -0.15) is 0 Å². The lowest BCUT2D eigenvalue weighted by Gasteiger charge is -2.09. The molecule has 0 aliphatic rings. The number of amides is 1. The van der Waals surface area contributed by atoms with Gasteiger partial charge in [-0.25, -0.2) is 4.39 Å². The topological polar surface area (TPSA) is 58.2 Å². The van der Waals surface area contributed by atoms with Gasteiger partial charge in [0.15, 0.2) is 5.78 Å². The number of ketones is 1. The van der Waals surface area contributed by atoms with Crippen LogP contribution in [0.15, 0.2) is 48.5 Å². The molecule has 22 heavy (non-hydrogen) atoms. The lowest BCUT2D eigenvalue weighted by molar-refractivity contribution is -0.119. The fourth-order valence-corrected chi connectivity index (χ4v) is 1.93. The van der Waals surface area contributed by atoms with E-state index in [2.05, 4.69) is 10.6 Å². The molecule has 0 aromatic heterocycles. The zero-order valence-corrected chi connectivity index (χ0v) is 12.2. The molecule has 0 spiro atoms. The van der Waals surface area contributed by atoms with E-state index in [-0.39, 0.29) is 30.6 Å². The number of carbonyl (C=O) groups is 2. The van der Waals surface area contributed by atoms with Crippen LogP contribution < -0.4 is 10.6 Å². The van der Waals surface area contributed by atoms with E-state index in [1.165, 1.54) is 13.0 Å². The van der Waals surface area contributed by atoms with E-state index in [0.29, 0.717) is 16.8 Å². The molecule has 0 radical (unpaired) electrons. The molecule has 2 aromatic carbocycles. The van der Waals surface area contributed by atoms with Gasteiger partial charge in [-0.3, -0.25) is 9.59 Å². The second kappa shape index (κ2) is 7.36. The Labute approximate surface area is 128 Å². The van der Waals surface area contributed by atoms with Crippen LogP contribution in [0.3, 0.4) is 0 Å². The molecule has 0 heterocycles. The summed E-state index contributed by atoms with van der Waals surface area (Å²) >= 11 is 0. The van der Waals surface area contributed by atoms with Gasteiger partial charge in [0, 0.05) is 23.4 Å². The van der Waals surface area contributed by atoms with E-state index in [0.717, 1.165) is 0 Å². The van der Waals surface area contributed by atoms with Crippen molar-refractivity contribution >= 4 is 17.4 Å². The normalized spacial score (nSPS) is 10.1. The summed E-state index contributed by atoms with van der Waals surface area (Å²) < 4.78 is 13.4. The standard InChI is InChI=1S/C17H17FN2O2/c1-12(21)13-6-4-7-15(9-13)19-11-17(22)20-10-14-5-2-3-8-16(14)18/h2-9,19H,10-11H2,1H3,(H,20,22). The van der Waals surface area contributed by atoms with E-state index in [1.54, 1.807) is 42.5 Å². The van der Waals surface area contributed by atoms with Crippen molar-refractivity contribution in [3.8, 4) is 0 Å². The highest BCUT2D eigenvalue weighted by Crippen LogP contribution is 2.10. The number of benzene rings is 2. The predicted molar refractivity (Wildman–Crippen MR) is 83.2 cm³/mol. The molecule has 0 atom stereocenters. The Balaban J connectivity index is 1.84. The first-order chi connectivity index (χ1) is 10.6. The SMILES string of the molecule is CC(=O)c1cccc(NCC(=O)NCc2ccccc2F)c1. The zero-order valence-electron chi connectivity index (χ0n) is 12.2. The van der Waals surface area contributed by atoms with Crippen molar-refractivity contribution in [2.45, 2.75) is 13.5 Å². The Morgan fingerprint density at radius 2 is 1.86 bits per heavy atom. The predicted octanol–water partition coefficient (Wildman–Crippen LogP) is 2.76. The van der Waals surface area contributed by atoms with Gasteiger partial charge in [-0.15, -0.1) is 0 Å². The maximum Gasteiger partial charge on any atom is 0.239 e. The lowest BCUT2D eigenvalue weighted by atomic mass is 10.1. The summed E-state index contributed by atoms with van der Waals surface area (Å²) in [6.07, 6.45) is 0. The van der Waals surface area contributed by atoms with Crippen LogP contribution in [-0.2, 0) is 11.3 Å². The van der Waals surface area contributed by atoms with Gasteiger partial charge in [0.1, 0.15) is 5.82 Å². The van der Waals surface area contributed by atoms with Crippen LogP contribution in [0.2, 0.25) is 0 Å². The van der Waals surface area contributed by atoms with Gasteiger partial charge < -0.3 is 10.6 Å². The Hall–Kier alpha value is -2.69. The van der Waals surface area contributed by atoms with E-state index >= 15 is 0 Å². The third-order valence-corrected chi connectivity index (χ3v) is 3.16. The fourth-order valence-electron chi connectivity index (χ4n) is 1.93. The summed E-state index contributed by atoms with van der Waals surface area (Å²) in [4.78, 5) is 23.0. The van der Waals surface area contributed by atoms with Crippen molar-refractivity contribution in [1.82, 2.24) is 5.32 Å². The van der Waals surface area contributed by atoms with Crippen LogP contribution in [0.25, 0.3) is 0 Å². The molecule has 0 aliphatic heterocycles. The first-order valence-electron chi connectivity index (χ1n) is 6.91. The van der Waals surface area contributed by atoms with E-state index in [1.807, 2.05) is 0 Å². The molecule has 5 heteroatoms. The number of halogens is 1. The van der Waals surface area contributed by atoms with Gasteiger partial charge >= 0.3 is 0 Å². The minimum atomic E-state index is -0.343. The Morgan fingerprint density at radius 1 is 1.09 bits per heavy atom. The Morgan fingerprint density at radius 3 is 2.59 bits per heavy atom. The Kier molecular flexibility index (Phi) is 5.25. The minimum absolute atomic E-state index is 0.0346. The highest BCUT2D eigenvalue weighted by molar-refractivity contribution is 5.95. The number of Topliss-reactive ketones (excluding diaryl/α,β-unsaturated/α-hetero) is 1. The largest absolute Gasteiger partial charge is 0.376 e. The number of nitrogens with one attached hydrogen (secondary N) is 2. The molecule has 0 saturated carbocycles. The third-order valence-electron chi connectivity index (χ3n) is 3.16. The number of anilines is 1. The van der Waals surface area contributed by atoms with Crippen molar-refractivity contribution in [2.75, 3.05) is 11.9 Å². The highest BCUT2D eigenvalue weighted by Gasteiger charge is 2.05. The second-order valence-corrected chi connectivity index (χ2v) is 4.86. The molecular weight excluding hydrogens is 283 g/mol. The summed E-state index contributed by atoms with van der Waals surface area (Å²) in [5, 5.41) is 5.57. The van der Waals surface area contributed by atoms with Crippen LogP contribution in [0.1, 0.15) is 22.8 Å². The number of hydrogen-bond donors (Lipinski definition) is 2. The maximum atomic E-state index is 13.4. The van der Waals surface area contributed by atoms with Gasteiger partial charge in [0.2, 0.25) is 5.91 Å². The average Bonchev–Trinajstić information content (AvgIpc) is 2.52. The van der Waals surface area contributed by atoms with Gasteiger partial charge in [0.25, 0.3) is 0 Å². The third kappa shape index (κ3) is 4.41. The van der Waals surface area contributed by atoms with Gasteiger partial charge in [-0.1, -0.05) is 30.3 Å². The van der Waals surface area contributed by atoms with Crippen molar-refractivity contribution in [3.05, 3.63) is 65.5 Å². The summed E-state index contributed by atoms with van der Waals surface area (Å²) in [7, 11) is 0. The number of hydrogen-bond acceptors (Lipinski definition) is 3. The van der Waals surface area contributed by atoms with Crippen LogP contribution in [0.5, 0.6) is 0 Å². The molecule has 0 bridgehead atoms. The molecule has 2 N–H and O–H groups in total. The van der Waals surface area contributed by atoms with E-state index in [4.69, 9.17) is 0 Å². The van der Waals surface area contributed by atoms with Crippen molar-refractivity contribution < 1.29 is 14.0 Å². The molecule has 114 valence electrons. The molecule has 0 saturated heterocycles. The monoisotopic (exact) mass is 300 g/mol. The second-order valence-electron chi connectivity index (χ2n) is 4.86. The Bertz CT molecular complexity index is 686. The lowest BCUT2D eigenvalue weighted by Crippen LogP contribution is -2.29. The molecule has 1 amide bonds. The molecule has 0 unspecified atom stereocenters. The van der Waals surface area contributed by atoms with E-state index in [9.17, 15) is 14.0 Å². The first-order valence-corrected chi connectivity index (χ1v) is 6.91. The zero-order chi connectivity index (χ0) is 15.9. The molecule has 0 fully saturated rings. The number of carbonyl (C=O) groups excluding carboxylic acids is 2. The molecular formula is C17H17FN2O2. The number of rotatable bonds is 6. The van der Waals surface area contributed by atoms with Crippen molar-refractivity contribution in [1.29, 1.82) is 0 Å². The smallest absolute Gasteiger partial charge is 0.239 e. The quantitative estimate of drug-likeness (QED) is 0.807. The minimum Gasteiger partial charge on any atom is -0.376 e. The van der Waals surface area contributed by atoms with Crippen LogP contribution in [0.4, 0.5) is 10.1 Å². The summed E-state index contributed by atoms with van der Waals surface area (Å²) in [6.45, 7) is 1.68. The highest BCUT2D eigenvalue weighted by atomic mass is 19.1.